The molecule has 5 heteroatoms. The van der Waals surface area contributed by atoms with Gasteiger partial charge in [0.25, 0.3) is 0 Å². The molecular weight excluding hydrogens is 212 g/mol. The highest BCUT2D eigenvalue weighted by molar-refractivity contribution is 7.13. The normalized spacial score (nSPS) is 10.2. The number of aryl methyl sites for hydroxylation is 1. The van der Waals surface area contributed by atoms with Crippen LogP contribution in [0.25, 0.3) is 10.6 Å². The number of aromatic carboxylic acids is 1. The fraction of sp³-hybridized carbons (Fsp3) is 0.100. The van der Waals surface area contributed by atoms with Gasteiger partial charge in [0, 0.05) is 5.69 Å². The highest BCUT2D eigenvalue weighted by atomic mass is 32.1. The molecule has 0 fully saturated rings. The number of carbonyl (C=O) groups is 1. The molecule has 0 aliphatic heterocycles. The Morgan fingerprint density at radius 1 is 1.47 bits per heavy atom. The van der Waals surface area contributed by atoms with Gasteiger partial charge in [-0.05, 0) is 19.1 Å². The predicted octanol–water partition coefficient (Wildman–Crippen LogP) is 2.21. The number of aromatic nitrogens is 2. The van der Waals surface area contributed by atoms with Crippen LogP contribution in [0.3, 0.4) is 0 Å². The molecule has 0 atom stereocenters. The van der Waals surface area contributed by atoms with Gasteiger partial charge < -0.3 is 5.11 Å². The molecule has 2 aromatic heterocycles. The third-order valence-electron chi connectivity index (χ3n) is 1.89. The van der Waals surface area contributed by atoms with Crippen LogP contribution in [0, 0.1) is 6.92 Å². The SMILES string of the molecule is Cc1cccc(-c2scnc2C(=O)O)n1. The van der Waals surface area contributed by atoms with Gasteiger partial charge in [0.2, 0.25) is 0 Å². The molecule has 0 aliphatic carbocycles. The van der Waals surface area contributed by atoms with E-state index in [1.54, 1.807) is 6.07 Å². The zero-order valence-electron chi connectivity index (χ0n) is 7.97. The molecule has 1 N–H and O–H groups in total. The minimum absolute atomic E-state index is 0.0677. The largest absolute Gasteiger partial charge is 0.476 e. The minimum atomic E-state index is -1.02. The van der Waals surface area contributed by atoms with Crippen molar-refractivity contribution in [1.29, 1.82) is 0 Å². The highest BCUT2D eigenvalue weighted by Gasteiger charge is 2.15. The van der Waals surface area contributed by atoms with Crippen molar-refractivity contribution >= 4 is 17.3 Å². The van der Waals surface area contributed by atoms with Gasteiger partial charge in [0.15, 0.2) is 5.69 Å². The Balaban J connectivity index is 2.54. The maximum Gasteiger partial charge on any atom is 0.356 e. The number of hydrogen-bond donors (Lipinski definition) is 1. The number of carboxylic acids is 1. The predicted molar refractivity (Wildman–Crippen MR) is 57.0 cm³/mol. The molecule has 0 saturated carbocycles. The molecule has 15 heavy (non-hydrogen) atoms. The van der Waals surface area contributed by atoms with Gasteiger partial charge in [-0.2, -0.15) is 0 Å². The summed E-state index contributed by atoms with van der Waals surface area (Å²) in [7, 11) is 0. The summed E-state index contributed by atoms with van der Waals surface area (Å²) in [5.41, 5.74) is 3.10. The van der Waals surface area contributed by atoms with Crippen molar-refractivity contribution in [1.82, 2.24) is 9.97 Å². The van der Waals surface area contributed by atoms with Crippen LogP contribution < -0.4 is 0 Å². The second kappa shape index (κ2) is 3.78. The molecule has 4 nitrogen and oxygen atoms in total. The highest BCUT2D eigenvalue weighted by Crippen LogP contribution is 2.25. The van der Waals surface area contributed by atoms with Crippen LogP contribution in [-0.2, 0) is 0 Å². The van der Waals surface area contributed by atoms with Crippen LogP contribution in [0.1, 0.15) is 16.2 Å². The van der Waals surface area contributed by atoms with Crippen LogP contribution in [0.4, 0.5) is 0 Å². The van der Waals surface area contributed by atoms with Crippen molar-refractivity contribution in [2.24, 2.45) is 0 Å². The maximum absolute atomic E-state index is 10.9. The summed E-state index contributed by atoms with van der Waals surface area (Å²) in [6, 6.07) is 5.50. The van der Waals surface area contributed by atoms with Gasteiger partial charge in [0.05, 0.1) is 16.1 Å². The van der Waals surface area contributed by atoms with E-state index in [1.165, 1.54) is 16.8 Å². The van der Waals surface area contributed by atoms with E-state index in [0.717, 1.165) is 5.69 Å². The number of thiazole rings is 1. The van der Waals surface area contributed by atoms with Crippen LogP contribution in [0.15, 0.2) is 23.7 Å². The van der Waals surface area contributed by atoms with E-state index >= 15 is 0 Å². The standard InChI is InChI=1S/C10H8N2O2S/c1-6-3-2-4-7(12-6)9-8(10(13)14)11-5-15-9/h2-5H,1H3,(H,13,14). The van der Waals surface area contributed by atoms with Crippen LogP contribution >= 0.6 is 11.3 Å². The quantitative estimate of drug-likeness (QED) is 0.842. The number of rotatable bonds is 2. The summed E-state index contributed by atoms with van der Waals surface area (Å²) in [6.45, 7) is 1.87. The Kier molecular flexibility index (Phi) is 2.47. The molecule has 0 saturated heterocycles. The molecule has 2 heterocycles. The second-order valence-electron chi connectivity index (χ2n) is 3.00. The van der Waals surface area contributed by atoms with Crippen molar-refractivity contribution in [3.63, 3.8) is 0 Å². The molecule has 76 valence electrons. The summed E-state index contributed by atoms with van der Waals surface area (Å²) in [5.74, 6) is -1.02. The monoisotopic (exact) mass is 220 g/mol. The molecular formula is C10H8N2O2S. The lowest BCUT2D eigenvalue weighted by Crippen LogP contribution is -1.99. The zero-order chi connectivity index (χ0) is 10.8. The first-order valence-electron chi connectivity index (χ1n) is 4.29. The molecule has 0 amide bonds. The van der Waals surface area contributed by atoms with Crippen LogP contribution in [-0.4, -0.2) is 21.0 Å². The van der Waals surface area contributed by atoms with Gasteiger partial charge in [-0.3, -0.25) is 4.98 Å². The average molecular weight is 220 g/mol. The number of hydrogen-bond acceptors (Lipinski definition) is 4. The summed E-state index contributed by atoms with van der Waals surface area (Å²) in [6.07, 6.45) is 0. The molecule has 0 spiro atoms. The lowest BCUT2D eigenvalue weighted by Gasteiger charge is -1.99. The summed E-state index contributed by atoms with van der Waals surface area (Å²) in [5, 5.41) is 8.90. The van der Waals surface area contributed by atoms with E-state index < -0.39 is 5.97 Å². The summed E-state index contributed by atoms with van der Waals surface area (Å²) >= 11 is 1.29. The Morgan fingerprint density at radius 2 is 2.27 bits per heavy atom. The van der Waals surface area contributed by atoms with Gasteiger partial charge >= 0.3 is 5.97 Å². The number of carboxylic acid groups (broad SMARTS) is 1. The van der Waals surface area contributed by atoms with Gasteiger partial charge in [-0.1, -0.05) is 6.07 Å². The first-order valence-corrected chi connectivity index (χ1v) is 5.17. The smallest absolute Gasteiger partial charge is 0.356 e. The Labute approximate surface area is 90.3 Å². The van der Waals surface area contributed by atoms with Crippen molar-refractivity contribution in [3.05, 3.63) is 35.1 Å². The van der Waals surface area contributed by atoms with Crippen molar-refractivity contribution in [2.45, 2.75) is 6.92 Å². The van der Waals surface area contributed by atoms with Crippen molar-refractivity contribution < 1.29 is 9.90 Å². The Hall–Kier alpha value is -1.75. The van der Waals surface area contributed by atoms with Crippen molar-refractivity contribution in [2.75, 3.05) is 0 Å². The molecule has 0 unspecified atom stereocenters. The van der Waals surface area contributed by atoms with Gasteiger partial charge in [0.1, 0.15) is 0 Å². The van der Waals surface area contributed by atoms with Crippen molar-refractivity contribution in [3.8, 4) is 10.6 Å². The number of pyridine rings is 1. The van der Waals surface area contributed by atoms with E-state index in [1.807, 2.05) is 19.1 Å². The summed E-state index contributed by atoms with van der Waals surface area (Å²) < 4.78 is 0. The van der Waals surface area contributed by atoms with E-state index in [2.05, 4.69) is 9.97 Å². The minimum Gasteiger partial charge on any atom is -0.476 e. The van der Waals surface area contributed by atoms with Crippen LogP contribution in [0.2, 0.25) is 0 Å². The lowest BCUT2D eigenvalue weighted by molar-refractivity contribution is 0.0692. The molecule has 0 bridgehead atoms. The van der Waals surface area contributed by atoms with E-state index in [0.29, 0.717) is 10.6 Å². The zero-order valence-corrected chi connectivity index (χ0v) is 8.78. The van der Waals surface area contributed by atoms with E-state index in [9.17, 15) is 4.79 Å². The third kappa shape index (κ3) is 1.87. The maximum atomic E-state index is 10.9. The fourth-order valence-electron chi connectivity index (χ4n) is 1.25. The molecule has 0 aromatic carbocycles. The molecule has 2 aromatic rings. The van der Waals surface area contributed by atoms with E-state index in [-0.39, 0.29) is 5.69 Å². The Morgan fingerprint density at radius 3 is 2.93 bits per heavy atom. The second-order valence-corrected chi connectivity index (χ2v) is 3.85. The molecule has 2 rings (SSSR count). The van der Waals surface area contributed by atoms with Crippen LogP contribution in [0.5, 0.6) is 0 Å². The molecule has 0 radical (unpaired) electrons. The van der Waals surface area contributed by atoms with Gasteiger partial charge in [-0.15, -0.1) is 11.3 Å². The fourth-order valence-corrected chi connectivity index (χ4v) is 2.00. The van der Waals surface area contributed by atoms with Gasteiger partial charge in [-0.25, -0.2) is 9.78 Å². The topological polar surface area (TPSA) is 63.1 Å². The lowest BCUT2D eigenvalue weighted by atomic mass is 10.2. The average Bonchev–Trinajstić information content (AvgIpc) is 2.65. The van der Waals surface area contributed by atoms with E-state index in [4.69, 9.17) is 5.11 Å². The Bertz CT molecular complexity index is 508. The first-order chi connectivity index (χ1) is 7.18. The third-order valence-corrected chi connectivity index (χ3v) is 2.74. The molecule has 0 aliphatic rings. The summed E-state index contributed by atoms with van der Waals surface area (Å²) in [4.78, 5) is 19.5. The number of nitrogens with zero attached hydrogens (tertiary/aromatic N) is 2. The first kappa shape index (κ1) is 9.79.